The summed E-state index contributed by atoms with van der Waals surface area (Å²) < 4.78 is 0. The molecule has 0 bridgehead atoms. The van der Waals surface area contributed by atoms with E-state index < -0.39 is 5.24 Å². The lowest BCUT2D eigenvalue weighted by Gasteiger charge is -2.09. The Morgan fingerprint density at radius 3 is 2.29 bits per heavy atom. The zero-order chi connectivity index (χ0) is 12.3. The fourth-order valence-electron chi connectivity index (χ4n) is 1.55. The van der Waals surface area contributed by atoms with Gasteiger partial charge in [-0.15, -0.1) is 0 Å². The van der Waals surface area contributed by atoms with Gasteiger partial charge in [0.2, 0.25) is 0 Å². The van der Waals surface area contributed by atoms with Gasteiger partial charge in [-0.05, 0) is 54.4 Å². The van der Waals surface area contributed by atoms with Gasteiger partial charge >= 0.3 is 0 Å². The first-order chi connectivity index (χ1) is 8.16. The quantitative estimate of drug-likeness (QED) is 0.825. The maximum Gasteiger partial charge on any atom is 0.252 e. The molecule has 3 heteroatoms. The van der Waals surface area contributed by atoms with Gasteiger partial charge in [0, 0.05) is 16.9 Å². The van der Waals surface area contributed by atoms with E-state index in [0.29, 0.717) is 5.56 Å². The number of halogens is 1. The molecular weight excluding hydrogens is 234 g/mol. The van der Waals surface area contributed by atoms with Gasteiger partial charge in [-0.1, -0.05) is 18.2 Å². The number of rotatable bonds is 3. The summed E-state index contributed by atoms with van der Waals surface area (Å²) in [6.07, 6.45) is 0. The predicted octanol–water partition coefficient (Wildman–Crippen LogP) is 4.12. The molecule has 1 N–H and O–H groups in total. The van der Waals surface area contributed by atoms with E-state index >= 15 is 0 Å². The zero-order valence-electron chi connectivity index (χ0n) is 9.41. The number of para-hydroxylation sites is 1. The minimum Gasteiger partial charge on any atom is -0.355 e. The molecule has 0 saturated carbocycles. The molecule has 17 heavy (non-hydrogen) atoms. The number of nitrogens with one attached hydrogen (secondary N) is 1. The van der Waals surface area contributed by atoms with Crippen LogP contribution in [0, 0.1) is 6.92 Å². The maximum atomic E-state index is 10.9. The van der Waals surface area contributed by atoms with Crippen LogP contribution in [0.4, 0.5) is 11.4 Å². The largest absolute Gasteiger partial charge is 0.355 e. The van der Waals surface area contributed by atoms with Crippen molar-refractivity contribution >= 4 is 28.2 Å². The summed E-state index contributed by atoms with van der Waals surface area (Å²) >= 11 is 5.38. The zero-order valence-corrected chi connectivity index (χ0v) is 10.2. The van der Waals surface area contributed by atoms with Crippen molar-refractivity contribution in [3.8, 4) is 0 Å². The van der Waals surface area contributed by atoms with E-state index in [-0.39, 0.29) is 0 Å². The topological polar surface area (TPSA) is 29.1 Å². The van der Waals surface area contributed by atoms with E-state index in [0.717, 1.165) is 11.4 Å². The van der Waals surface area contributed by atoms with E-state index in [4.69, 9.17) is 11.6 Å². The van der Waals surface area contributed by atoms with Gasteiger partial charge in [0.25, 0.3) is 5.24 Å². The van der Waals surface area contributed by atoms with Crippen LogP contribution in [-0.2, 0) is 0 Å². The van der Waals surface area contributed by atoms with E-state index in [9.17, 15) is 4.79 Å². The van der Waals surface area contributed by atoms with Crippen LogP contribution >= 0.6 is 11.6 Å². The third kappa shape index (κ3) is 2.86. The molecule has 0 fully saturated rings. The van der Waals surface area contributed by atoms with Gasteiger partial charge in [-0.3, -0.25) is 4.79 Å². The third-order valence-electron chi connectivity index (χ3n) is 2.54. The van der Waals surface area contributed by atoms with Crippen LogP contribution in [0.1, 0.15) is 15.9 Å². The van der Waals surface area contributed by atoms with E-state index in [2.05, 4.69) is 5.32 Å². The first-order valence-corrected chi connectivity index (χ1v) is 5.67. The molecule has 2 aromatic rings. The van der Waals surface area contributed by atoms with Crippen LogP contribution in [0.3, 0.4) is 0 Å². The van der Waals surface area contributed by atoms with Gasteiger partial charge in [0.15, 0.2) is 0 Å². The SMILES string of the molecule is Cc1ccccc1Nc1ccc(C(=O)Cl)cc1. The van der Waals surface area contributed by atoms with Crippen LogP contribution < -0.4 is 5.32 Å². The second-order valence-electron chi connectivity index (χ2n) is 3.79. The van der Waals surface area contributed by atoms with Crippen molar-refractivity contribution in [3.05, 3.63) is 59.7 Å². The van der Waals surface area contributed by atoms with Crippen molar-refractivity contribution in [1.29, 1.82) is 0 Å². The number of benzene rings is 2. The molecule has 86 valence electrons. The van der Waals surface area contributed by atoms with Crippen LogP contribution in [0.2, 0.25) is 0 Å². The van der Waals surface area contributed by atoms with Crippen molar-refractivity contribution < 1.29 is 4.79 Å². The molecule has 2 aromatic carbocycles. The molecule has 0 spiro atoms. The van der Waals surface area contributed by atoms with E-state index in [1.54, 1.807) is 12.1 Å². The van der Waals surface area contributed by atoms with Gasteiger partial charge in [-0.25, -0.2) is 0 Å². The summed E-state index contributed by atoms with van der Waals surface area (Å²) in [5.74, 6) is 0. The lowest BCUT2D eigenvalue weighted by atomic mass is 10.2. The maximum absolute atomic E-state index is 10.9. The average Bonchev–Trinajstić information content (AvgIpc) is 2.33. The Morgan fingerprint density at radius 2 is 1.71 bits per heavy atom. The molecule has 0 saturated heterocycles. The van der Waals surface area contributed by atoms with Gasteiger partial charge in [0.05, 0.1) is 0 Å². The van der Waals surface area contributed by atoms with E-state index in [1.807, 2.05) is 43.3 Å². The van der Waals surface area contributed by atoms with Gasteiger partial charge in [-0.2, -0.15) is 0 Å². The molecule has 0 unspecified atom stereocenters. The van der Waals surface area contributed by atoms with Crippen molar-refractivity contribution in [2.45, 2.75) is 6.92 Å². The van der Waals surface area contributed by atoms with E-state index in [1.165, 1.54) is 5.56 Å². The standard InChI is InChI=1S/C14H12ClNO/c1-10-4-2-3-5-13(10)16-12-8-6-11(7-9-12)14(15)17/h2-9,16H,1H3. The first kappa shape index (κ1) is 11.7. The average molecular weight is 246 g/mol. The van der Waals surface area contributed by atoms with Crippen molar-refractivity contribution in [2.24, 2.45) is 0 Å². The van der Waals surface area contributed by atoms with Crippen molar-refractivity contribution in [3.63, 3.8) is 0 Å². The minimum atomic E-state index is -0.438. The number of hydrogen-bond acceptors (Lipinski definition) is 2. The Bertz CT molecular complexity index is 534. The molecule has 0 radical (unpaired) electrons. The summed E-state index contributed by atoms with van der Waals surface area (Å²) in [4.78, 5) is 10.9. The Hall–Kier alpha value is -1.80. The number of carbonyl (C=O) groups is 1. The summed E-state index contributed by atoms with van der Waals surface area (Å²) in [7, 11) is 0. The highest BCUT2D eigenvalue weighted by atomic mass is 35.5. The Labute approximate surface area is 105 Å². The second-order valence-corrected chi connectivity index (χ2v) is 4.13. The predicted molar refractivity (Wildman–Crippen MR) is 71.1 cm³/mol. The molecule has 0 heterocycles. The normalized spacial score (nSPS) is 10.0. The highest BCUT2D eigenvalue weighted by Crippen LogP contribution is 2.20. The minimum absolute atomic E-state index is 0.438. The Balaban J connectivity index is 2.20. The highest BCUT2D eigenvalue weighted by molar-refractivity contribution is 6.67. The molecular formula is C14H12ClNO. The molecule has 0 atom stereocenters. The summed E-state index contributed by atoms with van der Waals surface area (Å²) in [5, 5.41) is 2.85. The Kier molecular flexibility index (Phi) is 3.45. The van der Waals surface area contributed by atoms with Crippen LogP contribution in [0.5, 0.6) is 0 Å². The van der Waals surface area contributed by atoms with Crippen LogP contribution in [0.25, 0.3) is 0 Å². The molecule has 0 aromatic heterocycles. The third-order valence-corrected chi connectivity index (χ3v) is 2.75. The second kappa shape index (κ2) is 5.02. The molecule has 0 aliphatic carbocycles. The van der Waals surface area contributed by atoms with Gasteiger partial charge < -0.3 is 5.32 Å². The first-order valence-electron chi connectivity index (χ1n) is 5.29. The molecule has 2 nitrogen and oxygen atoms in total. The molecule has 0 amide bonds. The fraction of sp³-hybridized carbons (Fsp3) is 0.0714. The highest BCUT2D eigenvalue weighted by Gasteiger charge is 2.01. The number of carbonyl (C=O) groups excluding carboxylic acids is 1. The molecule has 0 aliphatic heterocycles. The number of hydrogen-bond donors (Lipinski definition) is 1. The number of aryl methyl sites for hydroxylation is 1. The monoisotopic (exact) mass is 245 g/mol. The van der Waals surface area contributed by atoms with Crippen molar-refractivity contribution in [2.75, 3.05) is 5.32 Å². The molecule has 2 rings (SSSR count). The van der Waals surface area contributed by atoms with Gasteiger partial charge in [0.1, 0.15) is 0 Å². The summed E-state index contributed by atoms with van der Waals surface area (Å²) in [5.41, 5.74) is 3.66. The fourth-order valence-corrected chi connectivity index (χ4v) is 1.68. The smallest absolute Gasteiger partial charge is 0.252 e. The summed E-state index contributed by atoms with van der Waals surface area (Å²) in [6.45, 7) is 2.04. The molecule has 0 aliphatic rings. The number of anilines is 2. The summed E-state index contributed by atoms with van der Waals surface area (Å²) in [6, 6.07) is 15.1. The van der Waals surface area contributed by atoms with Crippen molar-refractivity contribution in [1.82, 2.24) is 0 Å². The van der Waals surface area contributed by atoms with Crippen LogP contribution in [-0.4, -0.2) is 5.24 Å². The van der Waals surface area contributed by atoms with Crippen LogP contribution in [0.15, 0.2) is 48.5 Å². The Morgan fingerprint density at radius 1 is 1.06 bits per heavy atom. The lowest BCUT2D eigenvalue weighted by Crippen LogP contribution is -1.94. The lowest BCUT2D eigenvalue weighted by molar-refractivity contribution is 0.108.